The van der Waals surface area contributed by atoms with E-state index in [-0.39, 0.29) is 12.0 Å². The van der Waals surface area contributed by atoms with Crippen molar-refractivity contribution in [3.63, 3.8) is 0 Å². The number of nitrogens with one attached hydrogen (secondary N) is 1. The summed E-state index contributed by atoms with van der Waals surface area (Å²) in [4.78, 5) is 12.2. The Labute approximate surface area is 142 Å². The molecular formula is C17H25N5O2. The molecule has 0 saturated carbocycles. The molecule has 0 spiro atoms. The van der Waals surface area contributed by atoms with Crippen molar-refractivity contribution in [3.05, 3.63) is 35.7 Å². The monoisotopic (exact) mass is 331 g/mol. The minimum Gasteiger partial charge on any atom is -0.491 e. The van der Waals surface area contributed by atoms with E-state index in [0.29, 0.717) is 24.5 Å². The van der Waals surface area contributed by atoms with E-state index in [0.717, 1.165) is 24.3 Å². The number of carbonyl (C=O) groups excluding carboxylic acids is 1. The molecule has 0 atom stereocenters. The summed E-state index contributed by atoms with van der Waals surface area (Å²) in [7, 11) is 0. The average molecular weight is 331 g/mol. The van der Waals surface area contributed by atoms with E-state index in [1.54, 1.807) is 4.68 Å². The van der Waals surface area contributed by atoms with Crippen LogP contribution in [-0.4, -0.2) is 40.1 Å². The van der Waals surface area contributed by atoms with Crippen LogP contribution in [0.3, 0.4) is 0 Å². The fourth-order valence-corrected chi connectivity index (χ4v) is 2.28. The lowest BCUT2D eigenvalue weighted by Crippen LogP contribution is -2.26. The second-order valence-electron chi connectivity index (χ2n) is 5.85. The van der Waals surface area contributed by atoms with E-state index in [4.69, 9.17) is 10.5 Å². The van der Waals surface area contributed by atoms with Crippen LogP contribution in [0.15, 0.2) is 24.3 Å². The van der Waals surface area contributed by atoms with Crippen LogP contribution in [0.1, 0.15) is 42.9 Å². The SMILES string of the molecule is Cc1c(C(=O)NCCCCN)nnn1-c1ccc(OC(C)C)cc1. The number of nitrogens with two attached hydrogens (primary N) is 1. The smallest absolute Gasteiger partial charge is 0.273 e. The van der Waals surface area contributed by atoms with Gasteiger partial charge in [-0.2, -0.15) is 0 Å². The quantitative estimate of drug-likeness (QED) is 0.720. The molecule has 0 saturated heterocycles. The van der Waals surface area contributed by atoms with Crippen LogP contribution in [0, 0.1) is 6.92 Å². The summed E-state index contributed by atoms with van der Waals surface area (Å²) in [6.45, 7) is 7.00. The molecule has 0 fully saturated rings. The molecule has 0 bridgehead atoms. The van der Waals surface area contributed by atoms with Crippen molar-refractivity contribution in [1.29, 1.82) is 0 Å². The summed E-state index contributed by atoms with van der Waals surface area (Å²) in [6, 6.07) is 7.54. The lowest BCUT2D eigenvalue weighted by Gasteiger charge is -2.10. The summed E-state index contributed by atoms with van der Waals surface area (Å²) in [5.41, 5.74) is 7.31. The molecule has 2 aromatic rings. The minimum absolute atomic E-state index is 0.124. The van der Waals surface area contributed by atoms with Gasteiger partial charge in [0.05, 0.1) is 17.5 Å². The summed E-state index contributed by atoms with van der Waals surface area (Å²) in [5, 5.41) is 10.9. The van der Waals surface area contributed by atoms with Crippen LogP contribution in [0.5, 0.6) is 5.75 Å². The molecule has 2 rings (SSSR count). The highest BCUT2D eigenvalue weighted by Crippen LogP contribution is 2.18. The molecule has 7 nitrogen and oxygen atoms in total. The number of amides is 1. The highest BCUT2D eigenvalue weighted by molar-refractivity contribution is 5.93. The Bertz CT molecular complexity index is 664. The van der Waals surface area contributed by atoms with Gasteiger partial charge in [0.1, 0.15) is 5.75 Å². The van der Waals surface area contributed by atoms with E-state index >= 15 is 0 Å². The molecule has 0 aliphatic heterocycles. The molecule has 1 heterocycles. The molecule has 130 valence electrons. The second kappa shape index (κ2) is 8.44. The molecular weight excluding hydrogens is 306 g/mol. The summed E-state index contributed by atoms with van der Waals surface area (Å²) in [6.07, 6.45) is 1.86. The molecule has 1 aromatic heterocycles. The first-order valence-corrected chi connectivity index (χ1v) is 8.20. The molecule has 1 aromatic carbocycles. The first-order valence-electron chi connectivity index (χ1n) is 8.20. The maximum absolute atomic E-state index is 12.2. The summed E-state index contributed by atoms with van der Waals surface area (Å²) in [5.74, 6) is 0.583. The number of carbonyl (C=O) groups is 1. The zero-order valence-corrected chi connectivity index (χ0v) is 14.5. The standard InChI is InChI=1S/C17H25N5O2/c1-12(2)24-15-8-6-14(7-9-15)22-13(3)16(20-21-22)17(23)19-11-5-4-10-18/h6-9,12H,4-5,10-11,18H2,1-3H3,(H,19,23). The van der Waals surface area contributed by atoms with Crippen LogP contribution in [0.2, 0.25) is 0 Å². The van der Waals surface area contributed by atoms with E-state index in [1.807, 2.05) is 45.0 Å². The lowest BCUT2D eigenvalue weighted by atomic mass is 10.2. The predicted octanol–water partition coefficient (Wildman–Crippen LogP) is 1.83. The van der Waals surface area contributed by atoms with Crippen molar-refractivity contribution in [2.75, 3.05) is 13.1 Å². The van der Waals surface area contributed by atoms with E-state index in [2.05, 4.69) is 15.6 Å². The Balaban J connectivity index is 2.07. The van der Waals surface area contributed by atoms with Gasteiger partial charge >= 0.3 is 0 Å². The number of nitrogens with zero attached hydrogens (tertiary/aromatic N) is 3. The third-order valence-electron chi connectivity index (χ3n) is 3.48. The number of hydrogen-bond acceptors (Lipinski definition) is 5. The third-order valence-corrected chi connectivity index (χ3v) is 3.48. The maximum Gasteiger partial charge on any atom is 0.273 e. The fraction of sp³-hybridized carbons (Fsp3) is 0.471. The van der Waals surface area contributed by atoms with Gasteiger partial charge in [-0.3, -0.25) is 4.79 Å². The van der Waals surface area contributed by atoms with Gasteiger partial charge in [0, 0.05) is 6.54 Å². The lowest BCUT2D eigenvalue weighted by molar-refractivity contribution is 0.0947. The number of aromatic nitrogens is 3. The van der Waals surface area contributed by atoms with Gasteiger partial charge in [-0.1, -0.05) is 5.21 Å². The second-order valence-corrected chi connectivity index (χ2v) is 5.85. The van der Waals surface area contributed by atoms with Gasteiger partial charge in [0.25, 0.3) is 5.91 Å². The highest BCUT2D eigenvalue weighted by atomic mass is 16.5. The van der Waals surface area contributed by atoms with Crippen LogP contribution in [-0.2, 0) is 0 Å². The van der Waals surface area contributed by atoms with Crippen LogP contribution in [0.25, 0.3) is 5.69 Å². The minimum atomic E-state index is -0.212. The summed E-state index contributed by atoms with van der Waals surface area (Å²) >= 11 is 0. The van der Waals surface area contributed by atoms with Crippen LogP contribution in [0.4, 0.5) is 0 Å². The highest BCUT2D eigenvalue weighted by Gasteiger charge is 2.16. The maximum atomic E-state index is 12.2. The van der Waals surface area contributed by atoms with Crippen molar-refractivity contribution in [1.82, 2.24) is 20.3 Å². The first kappa shape index (κ1) is 17.9. The van der Waals surface area contributed by atoms with Crippen molar-refractivity contribution >= 4 is 5.91 Å². The Kier molecular flexibility index (Phi) is 6.31. The van der Waals surface area contributed by atoms with Gasteiger partial charge in [0.2, 0.25) is 0 Å². The Hall–Kier alpha value is -2.41. The Morgan fingerprint density at radius 3 is 2.62 bits per heavy atom. The van der Waals surface area contributed by atoms with Crippen LogP contribution >= 0.6 is 0 Å². The van der Waals surface area contributed by atoms with Crippen molar-refractivity contribution < 1.29 is 9.53 Å². The third kappa shape index (κ3) is 4.55. The van der Waals surface area contributed by atoms with Gasteiger partial charge in [0.15, 0.2) is 5.69 Å². The number of benzene rings is 1. The molecule has 7 heteroatoms. The first-order chi connectivity index (χ1) is 11.5. The molecule has 0 radical (unpaired) electrons. The number of hydrogen-bond donors (Lipinski definition) is 2. The largest absolute Gasteiger partial charge is 0.491 e. The van der Waals surface area contributed by atoms with Crippen molar-refractivity contribution in [2.24, 2.45) is 5.73 Å². The van der Waals surface area contributed by atoms with Gasteiger partial charge in [-0.25, -0.2) is 4.68 Å². The van der Waals surface area contributed by atoms with E-state index < -0.39 is 0 Å². The molecule has 0 aliphatic carbocycles. The number of unbranched alkanes of at least 4 members (excludes halogenated alkanes) is 1. The average Bonchev–Trinajstić information content (AvgIpc) is 2.93. The zero-order valence-electron chi connectivity index (χ0n) is 14.5. The molecule has 1 amide bonds. The molecule has 3 N–H and O–H groups in total. The Morgan fingerprint density at radius 2 is 2.00 bits per heavy atom. The molecule has 24 heavy (non-hydrogen) atoms. The number of ether oxygens (including phenoxy) is 1. The van der Waals surface area contributed by atoms with Crippen molar-refractivity contribution in [2.45, 2.75) is 39.7 Å². The molecule has 0 aliphatic rings. The van der Waals surface area contributed by atoms with Gasteiger partial charge in [-0.15, -0.1) is 5.10 Å². The van der Waals surface area contributed by atoms with Gasteiger partial charge in [-0.05, 0) is 64.4 Å². The van der Waals surface area contributed by atoms with E-state index in [9.17, 15) is 4.79 Å². The molecule has 0 unspecified atom stereocenters. The normalized spacial score (nSPS) is 10.9. The van der Waals surface area contributed by atoms with Crippen molar-refractivity contribution in [3.8, 4) is 11.4 Å². The summed E-state index contributed by atoms with van der Waals surface area (Å²) < 4.78 is 7.27. The predicted molar refractivity (Wildman–Crippen MR) is 92.5 cm³/mol. The topological polar surface area (TPSA) is 95.1 Å². The van der Waals surface area contributed by atoms with E-state index in [1.165, 1.54) is 0 Å². The Morgan fingerprint density at radius 1 is 1.29 bits per heavy atom. The fourth-order valence-electron chi connectivity index (χ4n) is 2.28. The number of rotatable bonds is 8. The van der Waals surface area contributed by atoms with Crippen LogP contribution < -0.4 is 15.8 Å². The zero-order chi connectivity index (χ0) is 17.5. The van der Waals surface area contributed by atoms with Gasteiger partial charge < -0.3 is 15.8 Å².